The van der Waals surface area contributed by atoms with Crippen LogP contribution >= 0.6 is 0 Å². The van der Waals surface area contributed by atoms with Gasteiger partial charge >= 0.3 is 0 Å². The molecule has 1 N–H and O–H groups in total. The van der Waals surface area contributed by atoms with E-state index in [1.165, 1.54) is 29.4 Å². The number of nitrogens with zero attached hydrogens (tertiary/aromatic N) is 1. The Morgan fingerprint density at radius 1 is 1.15 bits per heavy atom. The Kier molecular flexibility index (Phi) is 3.93. The largest absolute Gasteiger partial charge is 0.371 e. The summed E-state index contributed by atoms with van der Waals surface area (Å²) < 4.78 is 0. The zero-order valence-corrected chi connectivity index (χ0v) is 12.5. The van der Waals surface area contributed by atoms with E-state index in [1.807, 2.05) is 0 Å². The molecule has 0 spiro atoms. The number of nitrogens with one attached hydrogen (secondary N) is 1. The van der Waals surface area contributed by atoms with Crippen LogP contribution in [0.15, 0.2) is 42.5 Å². The standard InChI is InChI=1S/C18H24N2/c1-3-20(13-16-11-12-19-14(16)2)18-10-6-8-15-7-4-5-9-17(15)18/h4-10,14,16,19H,3,11-13H2,1-2H3. The maximum Gasteiger partial charge on any atom is 0.0445 e. The van der Waals surface area contributed by atoms with Crippen LogP contribution in [0.25, 0.3) is 10.8 Å². The van der Waals surface area contributed by atoms with Gasteiger partial charge in [-0.2, -0.15) is 0 Å². The van der Waals surface area contributed by atoms with Crippen LogP contribution in [0.1, 0.15) is 20.3 Å². The van der Waals surface area contributed by atoms with Gasteiger partial charge in [-0.15, -0.1) is 0 Å². The van der Waals surface area contributed by atoms with Crippen LogP contribution in [0, 0.1) is 5.92 Å². The van der Waals surface area contributed by atoms with Crippen molar-refractivity contribution in [2.45, 2.75) is 26.3 Å². The summed E-state index contributed by atoms with van der Waals surface area (Å²) in [5.41, 5.74) is 1.38. The topological polar surface area (TPSA) is 15.3 Å². The molecule has 1 fully saturated rings. The van der Waals surface area contributed by atoms with Crippen molar-refractivity contribution in [2.75, 3.05) is 24.5 Å². The molecule has 0 saturated carbocycles. The van der Waals surface area contributed by atoms with Gasteiger partial charge in [-0.3, -0.25) is 0 Å². The predicted molar refractivity (Wildman–Crippen MR) is 87.4 cm³/mol. The molecule has 1 heterocycles. The third-order valence-electron chi connectivity index (χ3n) is 4.63. The van der Waals surface area contributed by atoms with E-state index in [2.05, 4.69) is 66.5 Å². The highest BCUT2D eigenvalue weighted by Crippen LogP contribution is 2.28. The number of fused-ring (bicyclic) bond motifs is 1. The molecule has 2 atom stereocenters. The Morgan fingerprint density at radius 3 is 2.70 bits per heavy atom. The maximum absolute atomic E-state index is 3.56. The maximum atomic E-state index is 3.56. The van der Waals surface area contributed by atoms with Crippen LogP contribution < -0.4 is 10.2 Å². The minimum Gasteiger partial charge on any atom is -0.371 e. The quantitative estimate of drug-likeness (QED) is 0.910. The van der Waals surface area contributed by atoms with Crippen LogP contribution in [0.3, 0.4) is 0 Å². The van der Waals surface area contributed by atoms with Crippen molar-refractivity contribution < 1.29 is 0 Å². The molecule has 1 aliphatic heterocycles. The van der Waals surface area contributed by atoms with E-state index in [0.29, 0.717) is 6.04 Å². The summed E-state index contributed by atoms with van der Waals surface area (Å²) >= 11 is 0. The van der Waals surface area contributed by atoms with E-state index in [1.54, 1.807) is 0 Å². The van der Waals surface area contributed by atoms with Crippen molar-refractivity contribution in [3.05, 3.63) is 42.5 Å². The van der Waals surface area contributed by atoms with Crippen molar-refractivity contribution in [3.63, 3.8) is 0 Å². The fraction of sp³-hybridized carbons (Fsp3) is 0.444. The third kappa shape index (κ3) is 2.53. The van der Waals surface area contributed by atoms with Crippen molar-refractivity contribution >= 4 is 16.5 Å². The molecule has 2 heteroatoms. The first kappa shape index (κ1) is 13.4. The minimum absolute atomic E-state index is 0.638. The molecule has 2 unspecified atom stereocenters. The molecule has 0 radical (unpaired) electrons. The van der Waals surface area contributed by atoms with E-state index in [4.69, 9.17) is 0 Å². The second-order valence-corrected chi connectivity index (χ2v) is 5.83. The van der Waals surface area contributed by atoms with E-state index in [9.17, 15) is 0 Å². The van der Waals surface area contributed by atoms with E-state index in [-0.39, 0.29) is 0 Å². The summed E-state index contributed by atoms with van der Waals surface area (Å²) in [5.74, 6) is 0.758. The van der Waals surface area contributed by atoms with Crippen LogP contribution in [0.4, 0.5) is 5.69 Å². The fourth-order valence-electron chi connectivity index (χ4n) is 3.33. The predicted octanol–water partition coefficient (Wildman–Crippen LogP) is 3.66. The van der Waals surface area contributed by atoms with Gasteiger partial charge < -0.3 is 10.2 Å². The molecule has 0 bridgehead atoms. The molecule has 0 aromatic heterocycles. The van der Waals surface area contributed by atoms with Gasteiger partial charge in [0.2, 0.25) is 0 Å². The fourth-order valence-corrected chi connectivity index (χ4v) is 3.33. The first-order valence-corrected chi connectivity index (χ1v) is 7.75. The van der Waals surface area contributed by atoms with Gasteiger partial charge in [-0.05, 0) is 44.2 Å². The van der Waals surface area contributed by atoms with Crippen molar-refractivity contribution in [1.29, 1.82) is 0 Å². The van der Waals surface area contributed by atoms with Gasteiger partial charge in [0.1, 0.15) is 0 Å². The molecule has 3 rings (SSSR count). The molecule has 2 nitrogen and oxygen atoms in total. The summed E-state index contributed by atoms with van der Waals surface area (Å²) in [5, 5.41) is 6.27. The van der Waals surface area contributed by atoms with E-state index in [0.717, 1.165) is 19.0 Å². The van der Waals surface area contributed by atoms with Gasteiger partial charge in [0, 0.05) is 30.2 Å². The van der Waals surface area contributed by atoms with Crippen molar-refractivity contribution in [3.8, 4) is 0 Å². The number of rotatable bonds is 4. The lowest BCUT2D eigenvalue weighted by molar-refractivity contribution is 0.472. The Bertz CT molecular complexity index is 573. The van der Waals surface area contributed by atoms with Crippen LogP contribution in [0.5, 0.6) is 0 Å². The lowest BCUT2D eigenvalue weighted by Gasteiger charge is -2.29. The van der Waals surface area contributed by atoms with Crippen LogP contribution in [0.2, 0.25) is 0 Å². The molecule has 1 saturated heterocycles. The highest BCUT2D eigenvalue weighted by molar-refractivity contribution is 5.94. The Hall–Kier alpha value is -1.54. The summed E-state index contributed by atoms with van der Waals surface area (Å²) in [6, 6.07) is 16.0. The van der Waals surface area contributed by atoms with E-state index < -0.39 is 0 Å². The smallest absolute Gasteiger partial charge is 0.0445 e. The van der Waals surface area contributed by atoms with E-state index >= 15 is 0 Å². The second-order valence-electron chi connectivity index (χ2n) is 5.83. The molecule has 2 aromatic carbocycles. The molecule has 106 valence electrons. The molecular weight excluding hydrogens is 244 g/mol. The molecule has 0 amide bonds. The second kappa shape index (κ2) is 5.84. The molecular formula is C18H24N2. The van der Waals surface area contributed by atoms with Gasteiger partial charge in [0.05, 0.1) is 0 Å². The summed E-state index contributed by atoms with van der Waals surface area (Å²) in [7, 11) is 0. The first-order valence-electron chi connectivity index (χ1n) is 7.75. The van der Waals surface area contributed by atoms with Crippen molar-refractivity contribution in [2.24, 2.45) is 5.92 Å². The zero-order chi connectivity index (χ0) is 13.9. The van der Waals surface area contributed by atoms with Crippen molar-refractivity contribution in [1.82, 2.24) is 5.32 Å². The summed E-state index contributed by atoms with van der Waals surface area (Å²) in [6.45, 7) is 7.96. The van der Waals surface area contributed by atoms with Gasteiger partial charge in [0.25, 0.3) is 0 Å². The molecule has 20 heavy (non-hydrogen) atoms. The average molecular weight is 268 g/mol. The zero-order valence-electron chi connectivity index (χ0n) is 12.5. The molecule has 1 aliphatic rings. The highest BCUT2D eigenvalue weighted by atomic mass is 15.1. The Morgan fingerprint density at radius 2 is 1.95 bits per heavy atom. The van der Waals surface area contributed by atoms with Gasteiger partial charge in [-0.1, -0.05) is 36.4 Å². The number of hydrogen-bond acceptors (Lipinski definition) is 2. The SMILES string of the molecule is CCN(CC1CCNC1C)c1cccc2ccccc12. The highest BCUT2D eigenvalue weighted by Gasteiger charge is 2.25. The lowest BCUT2D eigenvalue weighted by Crippen LogP contribution is -2.34. The average Bonchev–Trinajstić information content (AvgIpc) is 2.89. The minimum atomic E-state index is 0.638. The Labute approximate surface area is 121 Å². The Balaban J connectivity index is 1.91. The van der Waals surface area contributed by atoms with Gasteiger partial charge in [-0.25, -0.2) is 0 Å². The first-order chi connectivity index (χ1) is 9.79. The number of anilines is 1. The van der Waals surface area contributed by atoms with Crippen LogP contribution in [-0.2, 0) is 0 Å². The van der Waals surface area contributed by atoms with Gasteiger partial charge in [0.15, 0.2) is 0 Å². The molecule has 0 aliphatic carbocycles. The normalized spacial score (nSPS) is 22.3. The van der Waals surface area contributed by atoms with Crippen LogP contribution in [-0.4, -0.2) is 25.7 Å². The number of benzene rings is 2. The summed E-state index contributed by atoms with van der Waals surface area (Å²) in [6.07, 6.45) is 1.29. The molecule has 2 aromatic rings. The number of hydrogen-bond donors (Lipinski definition) is 1. The lowest BCUT2D eigenvalue weighted by atomic mass is 10.0. The monoisotopic (exact) mass is 268 g/mol. The third-order valence-corrected chi connectivity index (χ3v) is 4.63. The summed E-state index contributed by atoms with van der Waals surface area (Å²) in [4.78, 5) is 2.54.